The van der Waals surface area contributed by atoms with Gasteiger partial charge >= 0.3 is 0 Å². The highest BCUT2D eigenvalue weighted by atomic mass is 79.9. The lowest BCUT2D eigenvalue weighted by atomic mass is 10.2. The van der Waals surface area contributed by atoms with E-state index < -0.39 is 0 Å². The molecule has 1 fully saturated rings. The number of hydrogen-bond donors (Lipinski definition) is 1. The highest BCUT2D eigenvalue weighted by molar-refractivity contribution is 9.11. The van der Waals surface area contributed by atoms with Crippen molar-refractivity contribution in [3.8, 4) is 11.5 Å². The third-order valence-corrected chi connectivity index (χ3v) is 4.50. The van der Waals surface area contributed by atoms with Gasteiger partial charge in [0.1, 0.15) is 18.1 Å². The predicted octanol–water partition coefficient (Wildman–Crippen LogP) is 3.37. The Kier molecular flexibility index (Phi) is 6.14. The third-order valence-electron chi connectivity index (χ3n) is 3.26. The van der Waals surface area contributed by atoms with Crippen LogP contribution in [0, 0.1) is 0 Å². The molecular weight excluding hydrogens is 390 g/mol. The monoisotopic (exact) mass is 407 g/mol. The summed E-state index contributed by atoms with van der Waals surface area (Å²) in [7, 11) is 3.58. The summed E-state index contributed by atoms with van der Waals surface area (Å²) in [4.78, 5) is 0. The van der Waals surface area contributed by atoms with Gasteiger partial charge in [-0.05, 0) is 63.9 Å². The Morgan fingerprint density at radius 3 is 2.55 bits per heavy atom. The molecule has 4 nitrogen and oxygen atoms in total. The molecule has 1 aromatic carbocycles. The zero-order valence-corrected chi connectivity index (χ0v) is 14.8. The number of ether oxygens (including phenoxy) is 3. The van der Waals surface area contributed by atoms with Crippen LogP contribution in [0.3, 0.4) is 0 Å². The van der Waals surface area contributed by atoms with Gasteiger partial charge in [0.05, 0.1) is 28.3 Å². The number of hydrogen-bond acceptors (Lipinski definition) is 4. The van der Waals surface area contributed by atoms with E-state index in [1.807, 2.05) is 19.2 Å². The minimum Gasteiger partial charge on any atom is -0.496 e. The average Bonchev–Trinajstić information content (AvgIpc) is 2.87. The Hall–Kier alpha value is -0.300. The van der Waals surface area contributed by atoms with Gasteiger partial charge in [0.25, 0.3) is 0 Å². The molecule has 1 N–H and O–H groups in total. The van der Waals surface area contributed by atoms with Crippen molar-refractivity contribution in [3.05, 3.63) is 21.1 Å². The molecule has 1 saturated heterocycles. The normalized spacial score (nSPS) is 22.0. The van der Waals surface area contributed by atoms with E-state index >= 15 is 0 Å². The van der Waals surface area contributed by atoms with Crippen LogP contribution in [0.15, 0.2) is 21.1 Å². The summed E-state index contributed by atoms with van der Waals surface area (Å²) >= 11 is 6.95. The van der Waals surface area contributed by atoms with Gasteiger partial charge in [-0.2, -0.15) is 0 Å². The van der Waals surface area contributed by atoms with E-state index in [2.05, 4.69) is 37.2 Å². The SMILES string of the molecule is CNCC1CCC(COc2cc(Br)c(OC)cc2Br)O1. The zero-order chi connectivity index (χ0) is 14.5. The van der Waals surface area contributed by atoms with Crippen molar-refractivity contribution in [3.63, 3.8) is 0 Å². The van der Waals surface area contributed by atoms with E-state index in [1.165, 1.54) is 0 Å². The molecule has 1 heterocycles. The summed E-state index contributed by atoms with van der Waals surface area (Å²) in [6.07, 6.45) is 2.60. The molecule has 0 spiro atoms. The molecule has 112 valence electrons. The average molecular weight is 409 g/mol. The van der Waals surface area contributed by atoms with Crippen LogP contribution in [0.25, 0.3) is 0 Å². The zero-order valence-electron chi connectivity index (χ0n) is 11.6. The number of methoxy groups -OCH3 is 1. The largest absolute Gasteiger partial charge is 0.496 e. The summed E-state index contributed by atoms with van der Waals surface area (Å²) < 4.78 is 18.7. The maximum Gasteiger partial charge on any atom is 0.135 e. The molecule has 0 bridgehead atoms. The predicted molar refractivity (Wildman–Crippen MR) is 85.7 cm³/mol. The molecule has 20 heavy (non-hydrogen) atoms. The van der Waals surface area contributed by atoms with Gasteiger partial charge in [0.2, 0.25) is 0 Å². The highest BCUT2D eigenvalue weighted by Gasteiger charge is 2.25. The molecule has 1 aliphatic rings. The summed E-state index contributed by atoms with van der Waals surface area (Å²) in [5, 5.41) is 3.14. The second-order valence-electron chi connectivity index (χ2n) is 4.74. The Labute approximate surface area is 136 Å². The van der Waals surface area contributed by atoms with Crippen LogP contribution < -0.4 is 14.8 Å². The van der Waals surface area contributed by atoms with Crippen molar-refractivity contribution in [1.82, 2.24) is 5.32 Å². The lowest BCUT2D eigenvalue weighted by Crippen LogP contribution is -2.25. The van der Waals surface area contributed by atoms with Crippen molar-refractivity contribution in [2.45, 2.75) is 25.0 Å². The Balaban J connectivity index is 1.90. The lowest BCUT2D eigenvalue weighted by Gasteiger charge is -2.16. The number of benzene rings is 1. The maximum absolute atomic E-state index is 5.90. The smallest absolute Gasteiger partial charge is 0.135 e. The Morgan fingerprint density at radius 1 is 1.20 bits per heavy atom. The van der Waals surface area contributed by atoms with Gasteiger partial charge in [0.15, 0.2) is 0 Å². The van der Waals surface area contributed by atoms with Gasteiger partial charge in [-0.1, -0.05) is 0 Å². The number of nitrogens with one attached hydrogen (secondary N) is 1. The fourth-order valence-corrected chi connectivity index (χ4v) is 3.16. The molecule has 0 aromatic heterocycles. The van der Waals surface area contributed by atoms with Crippen LogP contribution in [-0.4, -0.2) is 39.5 Å². The van der Waals surface area contributed by atoms with Gasteiger partial charge in [-0.3, -0.25) is 0 Å². The standard InChI is InChI=1S/C14H19Br2NO3/c1-17-7-9-3-4-10(20-9)8-19-14-6-11(15)13(18-2)5-12(14)16/h5-6,9-10,17H,3-4,7-8H2,1-2H3. The fourth-order valence-electron chi connectivity index (χ4n) is 2.24. The van der Waals surface area contributed by atoms with Crippen molar-refractivity contribution in [1.29, 1.82) is 0 Å². The maximum atomic E-state index is 5.90. The first-order valence-electron chi connectivity index (χ1n) is 6.60. The van der Waals surface area contributed by atoms with Crippen molar-refractivity contribution in [2.75, 3.05) is 27.3 Å². The highest BCUT2D eigenvalue weighted by Crippen LogP contribution is 2.36. The summed E-state index contributed by atoms with van der Waals surface area (Å²) in [5.41, 5.74) is 0. The van der Waals surface area contributed by atoms with Gasteiger partial charge in [-0.15, -0.1) is 0 Å². The third kappa shape index (κ3) is 4.10. The van der Waals surface area contributed by atoms with E-state index in [0.29, 0.717) is 12.7 Å². The van der Waals surface area contributed by atoms with E-state index in [9.17, 15) is 0 Å². The van der Waals surface area contributed by atoms with Crippen LogP contribution in [0.4, 0.5) is 0 Å². The van der Waals surface area contributed by atoms with E-state index in [-0.39, 0.29) is 6.10 Å². The van der Waals surface area contributed by atoms with Crippen molar-refractivity contribution < 1.29 is 14.2 Å². The summed E-state index contributed by atoms with van der Waals surface area (Å²) in [5.74, 6) is 1.56. The molecule has 2 rings (SSSR count). The summed E-state index contributed by atoms with van der Waals surface area (Å²) in [6, 6.07) is 3.79. The molecule has 1 aromatic rings. The molecule has 0 radical (unpaired) electrons. The molecular formula is C14H19Br2NO3. The molecule has 0 saturated carbocycles. The summed E-state index contributed by atoms with van der Waals surface area (Å²) in [6.45, 7) is 1.46. The van der Waals surface area contributed by atoms with Crippen LogP contribution in [0.2, 0.25) is 0 Å². The van der Waals surface area contributed by atoms with Crippen molar-refractivity contribution >= 4 is 31.9 Å². The van der Waals surface area contributed by atoms with Gasteiger partial charge < -0.3 is 19.5 Å². The lowest BCUT2D eigenvalue weighted by molar-refractivity contribution is 0.0192. The first kappa shape index (κ1) is 16.1. The van der Waals surface area contributed by atoms with E-state index in [0.717, 1.165) is 39.8 Å². The van der Waals surface area contributed by atoms with Crippen LogP contribution in [0.5, 0.6) is 11.5 Å². The molecule has 2 atom stereocenters. The van der Waals surface area contributed by atoms with E-state index in [1.54, 1.807) is 7.11 Å². The topological polar surface area (TPSA) is 39.7 Å². The van der Waals surface area contributed by atoms with E-state index in [4.69, 9.17) is 14.2 Å². The Morgan fingerprint density at radius 2 is 1.85 bits per heavy atom. The second kappa shape index (κ2) is 7.64. The number of rotatable bonds is 6. The number of halogens is 2. The first-order valence-corrected chi connectivity index (χ1v) is 8.18. The minimum atomic E-state index is 0.168. The molecule has 1 aliphatic heterocycles. The molecule has 2 unspecified atom stereocenters. The number of likely N-dealkylation sites (N-methyl/N-ethyl adjacent to an activating group) is 1. The van der Waals surface area contributed by atoms with Gasteiger partial charge in [0, 0.05) is 6.54 Å². The molecule has 0 amide bonds. The van der Waals surface area contributed by atoms with Crippen LogP contribution >= 0.6 is 31.9 Å². The second-order valence-corrected chi connectivity index (χ2v) is 6.45. The van der Waals surface area contributed by atoms with Crippen molar-refractivity contribution in [2.24, 2.45) is 0 Å². The first-order chi connectivity index (χ1) is 9.63. The van der Waals surface area contributed by atoms with Crippen LogP contribution in [0.1, 0.15) is 12.8 Å². The fraction of sp³-hybridized carbons (Fsp3) is 0.571. The van der Waals surface area contributed by atoms with Crippen LogP contribution in [-0.2, 0) is 4.74 Å². The minimum absolute atomic E-state index is 0.168. The molecule has 6 heteroatoms. The quantitative estimate of drug-likeness (QED) is 0.783. The van der Waals surface area contributed by atoms with Gasteiger partial charge in [-0.25, -0.2) is 0 Å². The Bertz CT molecular complexity index is 456. The molecule has 0 aliphatic carbocycles.